The van der Waals surface area contributed by atoms with Gasteiger partial charge in [-0.05, 0) is 26.0 Å². The molecule has 2 rings (SSSR count). The van der Waals surface area contributed by atoms with Crippen LogP contribution < -0.4 is 10.1 Å². The number of ether oxygens (including phenoxy) is 1. The first-order chi connectivity index (χ1) is 9.13. The number of hydrogen-bond donors (Lipinski definition) is 1. The van der Waals surface area contributed by atoms with E-state index in [1.165, 1.54) is 0 Å². The van der Waals surface area contributed by atoms with Gasteiger partial charge in [0.05, 0.1) is 35.2 Å². The molecule has 0 saturated carbocycles. The lowest BCUT2D eigenvalue weighted by Gasteiger charge is -2.12. The van der Waals surface area contributed by atoms with Gasteiger partial charge >= 0.3 is 0 Å². The van der Waals surface area contributed by atoms with E-state index in [4.69, 9.17) is 16.3 Å². The highest BCUT2D eigenvalue weighted by atomic mass is 35.5. The first-order valence-electron chi connectivity index (χ1n) is 6.27. The van der Waals surface area contributed by atoms with Crippen molar-refractivity contribution in [2.24, 2.45) is 7.05 Å². The van der Waals surface area contributed by atoms with Crippen LogP contribution in [0.5, 0.6) is 5.75 Å². The highest BCUT2D eigenvalue weighted by Crippen LogP contribution is 2.26. The number of anilines is 1. The van der Waals surface area contributed by atoms with Crippen LogP contribution in [0.4, 0.5) is 5.69 Å². The molecule has 0 amide bonds. The van der Waals surface area contributed by atoms with Crippen LogP contribution in [0.2, 0.25) is 5.02 Å². The lowest BCUT2D eigenvalue weighted by Crippen LogP contribution is -2.07. The van der Waals surface area contributed by atoms with Gasteiger partial charge in [-0.3, -0.25) is 4.68 Å². The van der Waals surface area contributed by atoms with E-state index in [1.807, 2.05) is 45.2 Å². The van der Waals surface area contributed by atoms with Gasteiger partial charge in [-0.2, -0.15) is 5.10 Å². The van der Waals surface area contributed by atoms with Gasteiger partial charge in [0.1, 0.15) is 5.75 Å². The lowest BCUT2D eigenvalue weighted by atomic mass is 10.2. The van der Waals surface area contributed by atoms with Gasteiger partial charge in [-0.1, -0.05) is 23.7 Å². The molecule has 0 atom stereocenters. The molecule has 0 bridgehead atoms. The molecule has 0 spiro atoms. The number of benzene rings is 1. The van der Waals surface area contributed by atoms with Crippen LogP contribution in [0.3, 0.4) is 0 Å². The fraction of sp³-hybridized carbons (Fsp3) is 0.357. The van der Waals surface area contributed by atoms with Crippen molar-refractivity contribution >= 4 is 17.3 Å². The molecule has 1 heterocycles. The molecule has 0 saturated heterocycles. The van der Waals surface area contributed by atoms with E-state index in [0.717, 1.165) is 22.8 Å². The average Bonchev–Trinajstić information content (AvgIpc) is 2.63. The number of nitrogens with zero attached hydrogens (tertiary/aromatic N) is 2. The Morgan fingerprint density at radius 2 is 2.11 bits per heavy atom. The zero-order chi connectivity index (χ0) is 13.8. The minimum atomic E-state index is 0.611. The quantitative estimate of drug-likeness (QED) is 0.912. The number of halogens is 1. The van der Waals surface area contributed by atoms with E-state index in [0.29, 0.717) is 18.2 Å². The molecule has 1 N–H and O–H groups in total. The van der Waals surface area contributed by atoms with Crippen molar-refractivity contribution in [2.45, 2.75) is 20.4 Å². The fourth-order valence-corrected chi connectivity index (χ4v) is 2.17. The molecule has 0 aliphatic heterocycles. The highest BCUT2D eigenvalue weighted by Gasteiger charge is 2.11. The van der Waals surface area contributed by atoms with E-state index in [1.54, 1.807) is 4.68 Å². The van der Waals surface area contributed by atoms with E-state index in [9.17, 15) is 0 Å². The van der Waals surface area contributed by atoms with Crippen LogP contribution >= 0.6 is 11.6 Å². The van der Waals surface area contributed by atoms with Crippen molar-refractivity contribution in [3.63, 3.8) is 0 Å². The third kappa shape index (κ3) is 3.01. The molecule has 0 aliphatic carbocycles. The zero-order valence-electron chi connectivity index (χ0n) is 11.4. The minimum Gasteiger partial charge on any atom is -0.492 e. The highest BCUT2D eigenvalue weighted by molar-refractivity contribution is 6.31. The van der Waals surface area contributed by atoms with Crippen molar-refractivity contribution in [2.75, 3.05) is 11.9 Å². The largest absolute Gasteiger partial charge is 0.492 e. The molecule has 1 aromatic carbocycles. The zero-order valence-corrected chi connectivity index (χ0v) is 12.2. The molecular weight excluding hydrogens is 262 g/mol. The van der Waals surface area contributed by atoms with Crippen LogP contribution in [0, 0.1) is 6.92 Å². The van der Waals surface area contributed by atoms with Crippen LogP contribution in [-0.4, -0.2) is 16.4 Å². The van der Waals surface area contributed by atoms with Crippen LogP contribution in [-0.2, 0) is 13.6 Å². The number of hydrogen-bond acceptors (Lipinski definition) is 3. The summed E-state index contributed by atoms with van der Waals surface area (Å²) in [6.07, 6.45) is 0. The van der Waals surface area contributed by atoms with E-state index < -0.39 is 0 Å². The number of aryl methyl sites for hydroxylation is 2. The van der Waals surface area contributed by atoms with E-state index >= 15 is 0 Å². The summed E-state index contributed by atoms with van der Waals surface area (Å²) in [6, 6.07) is 7.86. The Bertz CT molecular complexity index is 566. The van der Waals surface area contributed by atoms with Gasteiger partial charge in [-0.25, -0.2) is 0 Å². The summed E-state index contributed by atoms with van der Waals surface area (Å²) in [7, 11) is 1.89. The summed E-state index contributed by atoms with van der Waals surface area (Å²) >= 11 is 6.23. The first-order valence-corrected chi connectivity index (χ1v) is 6.65. The van der Waals surface area contributed by atoms with Crippen molar-refractivity contribution in [3.8, 4) is 5.75 Å². The number of para-hydroxylation sites is 2. The molecule has 19 heavy (non-hydrogen) atoms. The molecule has 0 radical (unpaired) electrons. The molecule has 2 aromatic rings. The van der Waals surface area contributed by atoms with Crippen molar-refractivity contribution in [3.05, 3.63) is 40.7 Å². The summed E-state index contributed by atoms with van der Waals surface area (Å²) in [6.45, 7) is 5.13. The smallest absolute Gasteiger partial charge is 0.142 e. The van der Waals surface area contributed by atoms with E-state index in [-0.39, 0.29) is 0 Å². The Labute approximate surface area is 118 Å². The van der Waals surface area contributed by atoms with Crippen LogP contribution in [0.15, 0.2) is 24.3 Å². The maximum absolute atomic E-state index is 6.23. The maximum Gasteiger partial charge on any atom is 0.142 e. The van der Waals surface area contributed by atoms with Gasteiger partial charge in [0.15, 0.2) is 0 Å². The van der Waals surface area contributed by atoms with Crippen molar-refractivity contribution in [1.29, 1.82) is 0 Å². The Morgan fingerprint density at radius 1 is 1.37 bits per heavy atom. The fourth-order valence-electron chi connectivity index (χ4n) is 1.95. The van der Waals surface area contributed by atoms with Crippen LogP contribution in [0.1, 0.15) is 18.3 Å². The molecule has 4 nitrogen and oxygen atoms in total. The molecular formula is C14H18ClN3O. The van der Waals surface area contributed by atoms with E-state index in [2.05, 4.69) is 10.4 Å². The van der Waals surface area contributed by atoms with Crippen molar-refractivity contribution in [1.82, 2.24) is 9.78 Å². The maximum atomic E-state index is 6.23. The van der Waals surface area contributed by atoms with Gasteiger partial charge in [0, 0.05) is 7.05 Å². The Balaban J connectivity index is 2.14. The SMILES string of the molecule is CCOc1ccccc1NCc1c(Cl)c(C)nn1C. The summed E-state index contributed by atoms with van der Waals surface area (Å²) < 4.78 is 7.37. The molecule has 0 fully saturated rings. The predicted molar refractivity (Wildman–Crippen MR) is 77.9 cm³/mol. The third-order valence-electron chi connectivity index (χ3n) is 2.89. The van der Waals surface area contributed by atoms with Gasteiger partial charge < -0.3 is 10.1 Å². The molecule has 0 aliphatic rings. The lowest BCUT2D eigenvalue weighted by molar-refractivity contribution is 0.341. The van der Waals surface area contributed by atoms with Crippen molar-refractivity contribution < 1.29 is 4.74 Å². The summed E-state index contributed by atoms with van der Waals surface area (Å²) in [4.78, 5) is 0. The summed E-state index contributed by atoms with van der Waals surface area (Å²) in [5.74, 6) is 0.847. The normalized spacial score (nSPS) is 10.5. The third-order valence-corrected chi connectivity index (χ3v) is 3.39. The number of rotatable bonds is 5. The van der Waals surface area contributed by atoms with Gasteiger partial charge in [0.25, 0.3) is 0 Å². The molecule has 0 unspecified atom stereocenters. The van der Waals surface area contributed by atoms with Crippen LogP contribution in [0.25, 0.3) is 0 Å². The first kappa shape index (κ1) is 13.7. The summed E-state index contributed by atoms with van der Waals surface area (Å²) in [5, 5.41) is 8.35. The van der Waals surface area contributed by atoms with Gasteiger partial charge in [-0.15, -0.1) is 0 Å². The second-order valence-electron chi connectivity index (χ2n) is 4.25. The summed E-state index contributed by atoms with van der Waals surface area (Å²) in [5.41, 5.74) is 2.77. The Hall–Kier alpha value is -1.68. The predicted octanol–water partition coefficient (Wildman–Crippen LogP) is 3.39. The minimum absolute atomic E-state index is 0.611. The molecule has 1 aromatic heterocycles. The average molecular weight is 280 g/mol. The second kappa shape index (κ2) is 5.97. The standard InChI is InChI=1S/C14H18ClN3O/c1-4-19-13-8-6-5-7-11(13)16-9-12-14(15)10(2)17-18(12)3/h5-8,16H,4,9H2,1-3H3. The van der Waals surface area contributed by atoms with Gasteiger partial charge in [0.2, 0.25) is 0 Å². The Morgan fingerprint density at radius 3 is 2.74 bits per heavy atom. The molecule has 5 heteroatoms. The Kier molecular flexibility index (Phi) is 4.32. The monoisotopic (exact) mass is 279 g/mol. The number of aromatic nitrogens is 2. The topological polar surface area (TPSA) is 39.1 Å². The molecule has 102 valence electrons. The second-order valence-corrected chi connectivity index (χ2v) is 4.63. The number of nitrogens with one attached hydrogen (secondary N) is 1.